The Kier molecular flexibility index (Phi) is 8.09. The van der Waals surface area contributed by atoms with Gasteiger partial charge in [-0.25, -0.2) is 0 Å². The molecule has 0 radical (unpaired) electrons. The molecule has 1 aliphatic rings. The van der Waals surface area contributed by atoms with Crippen LogP contribution >= 0.6 is 34.8 Å². The van der Waals surface area contributed by atoms with Gasteiger partial charge in [0.05, 0.1) is 0 Å². The molecule has 0 aromatic rings. The predicted octanol–water partition coefficient (Wildman–Crippen LogP) is 4.02. The Bertz CT molecular complexity index is 154. The summed E-state index contributed by atoms with van der Waals surface area (Å²) in [6, 6.07) is 0. The van der Waals surface area contributed by atoms with E-state index in [2.05, 4.69) is 0 Å². The van der Waals surface area contributed by atoms with Crippen LogP contribution in [-0.2, 0) is 4.79 Å². The number of halogens is 3. The number of hydrogen-bond acceptors (Lipinski definition) is 1. The van der Waals surface area contributed by atoms with Crippen LogP contribution in [0.15, 0.2) is 10.0 Å². The average Bonchev–Trinajstić information content (AvgIpc) is 2.07. The van der Waals surface area contributed by atoms with Crippen LogP contribution in [0.5, 0.6) is 0 Å². The summed E-state index contributed by atoms with van der Waals surface area (Å²) in [6.45, 7) is 0. The van der Waals surface area contributed by atoms with Crippen LogP contribution in [-0.4, -0.2) is 5.78 Å². The van der Waals surface area contributed by atoms with Crippen LogP contribution < -0.4 is 0 Å². The van der Waals surface area contributed by atoms with E-state index in [4.69, 9.17) is 34.8 Å². The molecule has 1 fully saturated rings. The van der Waals surface area contributed by atoms with Crippen LogP contribution in [0.25, 0.3) is 0 Å². The first-order chi connectivity index (χ1) is 5.66. The summed E-state index contributed by atoms with van der Waals surface area (Å²) in [5, 5.41) is 0. The first-order valence-electron chi connectivity index (χ1n) is 3.80. The van der Waals surface area contributed by atoms with Crippen molar-refractivity contribution >= 4 is 40.6 Å². The number of Topliss-reactive ketones (excluding diaryl/α,β-unsaturated/α-hetero) is 1. The second-order valence-electron chi connectivity index (χ2n) is 2.50. The van der Waals surface area contributed by atoms with E-state index in [0.29, 0.717) is 5.78 Å². The minimum atomic E-state index is 0.0895. The van der Waals surface area contributed by atoms with Gasteiger partial charge in [0.1, 0.15) is 10.3 Å². The van der Waals surface area contributed by atoms with E-state index < -0.39 is 0 Å². The lowest BCUT2D eigenvalue weighted by Gasteiger charge is -2.05. The average molecular weight is 230 g/mol. The Morgan fingerprint density at radius 2 is 1.58 bits per heavy atom. The van der Waals surface area contributed by atoms with Crippen LogP contribution in [0, 0.1) is 0 Å². The molecule has 1 saturated carbocycles. The summed E-state index contributed by atoms with van der Waals surface area (Å²) in [5.41, 5.74) is 1.09. The predicted molar refractivity (Wildman–Crippen MR) is 53.7 cm³/mol. The van der Waals surface area contributed by atoms with E-state index in [1.807, 2.05) is 0 Å². The zero-order chi connectivity index (χ0) is 9.40. The van der Waals surface area contributed by atoms with Gasteiger partial charge in [-0.05, 0) is 12.8 Å². The molecule has 0 saturated heterocycles. The quantitative estimate of drug-likeness (QED) is 0.613. The van der Waals surface area contributed by atoms with Gasteiger partial charge in [0, 0.05) is 18.4 Å². The number of carbonyl (C=O) groups is 1. The second-order valence-corrected chi connectivity index (χ2v) is 3.72. The summed E-state index contributed by atoms with van der Waals surface area (Å²) >= 11 is 14.8. The Labute approximate surface area is 87.7 Å². The molecule has 0 heterocycles. The van der Waals surface area contributed by atoms with Crippen molar-refractivity contribution in [2.45, 2.75) is 32.1 Å². The third kappa shape index (κ3) is 8.38. The van der Waals surface area contributed by atoms with Gasteiger partial charge in [-0.15, -0.1) is 0 Å². The monoisotopic (exact) mass is 228 g/mol. The molecule has 1 aliphatic carbocycles. The topological polar surface area (TPSA) is 17.1 Å². The highest BCUT2D eigenvalue weighted by Gasteiger charge is 2.05. The van der Waals surface area contributed by atoms with Crippen molar-refractivity contribution in [2.75, 3.05) is 0 Å². The van der Waals surface area contributed by atoms with Crippen molar-refractivity contribution in [3.63, 3.8) is 0 Å². The Morgan fingerprint density at radius 1 is 1.17 bits per heavy atom. The van der Waals surface area contributed by atoms with Crippen molar-refractivity contribution in [2.24, 2.45) is 0 Å². The molecule has 0 aliphatic heterocycles. The van der Waals surface area contributed by atoms with Crippen molar-refractivity contribution in [1.82, 2.24) is 0 Å². The molecular weight excluding hydrogens is 218 g/mol. The molecule has 0 unspecified atom stereocenters. The van der Waals surface area contributed by atoms with E-state index >= 15 is 0 Å². The molecule has 0 amide bonds. The highest BCUT2D eigenvalue weighted by molar-refractivity contribution is 6.58. The standard InChI is InChI=1S/C6H10O.C2HCl3/c7-6-4-2-1-3-5-6;3-1-2(4)5/h1-5H2;1H. The highest BCUT2D eigenvalue weighted by Crippen LogP contribution is 2.12. The first kappa shape index (κ1) is 12.3. The van der Waals surface area contributed by atoms with Crippen molar-refractivity contribution in [3.8, 4) is 0 Å². The molecule has 0 aromatic carbocycles. The van der Waals surface area contributed by atoms with E-state index in [9.17, 15) is 4.79 Å². The van der Waals surface area contributed by atoms with Crippen LogP contribution in [0.3, 0.4) is 0 Å². The molecular formula is C8H11Cl3O. The smallest absolute Gasteiger partial charge is 0.132 e. The lowest BCUT2D eigenvalue weighted by atomic mass is 10.00. The van der Waals surface area contributed by atoms with Crippen molar-refractivity contribution < 1.29 is 4.79 Å². The molecule has 70 valence electrons. The van der Waals surface area contributed by atoms with Gasteiger partial charge in [0.15, 0.2) is 0 Å². The second kappa shape index (κ2) is 7.90. The molecule has 0 N–H and O–H groups in total. The highest BCUT2D eigenvalue weighted by atomic mass is 35.5. The maximum atomic E-state index is 10.5. The van der Waals surface area contributed by atoms with Gasteiger partial charge in [0.2, 0.25) is 0 Å². The minimum absolute atomic E-state index is 0.0895. The van der Waals surface area contributed by atoms with Crippen molar-refractivity contribution in [1.29, 1.82) is 0 Å². The van der Waals surface area contributed by atoms with E-state index in [1.165, 1.54) is 6.42 Å². The molecule has 4 heteroatoms. The fourth-order valence-corrected chi connectivity index (χ4v) is 0.946. The third-order valence-corrected chi connectivity index (χ3v) is 2.15. The summed E-state index contributed by atoms with van der Waals surface area (Å²) in [5.74, 6) is 0.464. The summed E-state index contributed by atoms with van der Waals surface area (Å²) < 4.78 is 0.0895. The maximum absolute atomic E-state index is 10.5. The largest absolute Gasteiger partial charge is 0.300 e. The van der Waals surface area contributed by atoms with Gasteiger partial charge < -0.3 is 0 Å². The first-order valence-corrected chi connectivity index (χ1v) is 4.99. The molecule has 1 nitrogen and oxygen atoms in total. The van der Waals surface area contributed by atoms with Gasteiger partial charge in [-0.2, -0.15) is 0 Å². The minimum Gasteiger partial charge on any atom is -0.300 e. The number of carbonyl (C=O) groups excluding carboxylic acids is 1. The Morgan fingerprint density at radius 3 is 1.75 bits per heavy atom. The molecule has 0 aromatic heterocycles. The van der Waals surface area contributed by atoms with E-state index in [-0.39, 0.29) is 4.49 Å². The van der Waals surface area contributed by atoms with E-state index in [0.717, 1.165) is 31.2 Å². The number of hydrogen-bond donors (Lipinski definition) is 0. The number of rotatable bonds is 0. The van der Waals surface area contributed by atoms with Crippen LogP contribution in [0.2, 0.25) is 0 Å². The zero-order valence-corrected chi connectivity index (χ0v) is 8.92. The fourth-order valence-electron chi connectivity index (χ4n) is 0.946. The SMILES string of the molecule is ClC=C(Cl)Cl.O=C1CCCCC1. The normalized spacial score (nSPS) is 16.1. The fraction of sp³-hybridized carbons (Fsp3) is 0.625. The lowest BCUT2D eigenvalue weighted by Crippen LogP contribution is -2.02. The maximum Gasteiger partial charge on any atom is 0.132 e. The Balaban J connectivity index is 0.000000217. The zero-order valence-electron chi connectivity index (χ0n) is 6.66. The summed E-state index contributed by atoms with van der Waals surface area (Å²) in [7, 11) is 0. The molecule has 0 atom stereocenters. The van der Waals surface area contributed by atoms with Gasteiger partial charge in [-0.1, -0.05) is 41.2 Å². The lowest BCUT2D eigenvalue weighted by molar-refractivity contribution is -0.120. The summed E-state index contributed by atoms with van der Waals surface area (Å²) in [6.07, 6.45) is 5.24. The van der Waals surface area contributed by atoms with E-state index in [1.54, 1.807) is 0 Å². The van der Waals surface area contributed by atoms with Gasteiger partial charge in [0.25, 0.3) is 0 Å². The molecule has 12 heavy (non-hydrogen) atoms. The molecule has 0 spiro atoms. The third-order valence-electron chi connectivity index (χ3n) is 1.49. The molecule has 1 rings (SSSR count). The van der Waals surface area contributed by atoms with Crippen molar-refractivity contribution in [3.05, 3.63) is 10.0 Å². The number of ketones is 1. The molecule has 0 bridgehead atoms. The Hall–Kier alpha value is 0.280. The van der Waals surface area contributed by atoms with Crippen LogP contribution in [0.1, 0.15) is 32.1 Å². The van der Waals surface area contributed by atoms with Gasteiger partial charge >= 0.3 is 0 Å². The van der Waals surface area contributed by atoms with Crippen LogP contribution in [0.4, 0.5) is 0 Å². The summed E-state index contributed by atoms with van der Waals surface area (Å²) in [4.78, 5) is 10.5. The van der Waals surface area contributed by atoms with Gasteiger partial charge in [-0.3, -0.25) is 4.79 Å².